The normalized spacial score (nSPS) is 23.4. The van der Waals surface area contributed by atoms with Crippen LogP contribution in [-0.2, 0) is 30.9 Å². The minimum atomic E-state index is -4.19. The van der Waals surface area contributed by atoms with Crippen molar-refractivity contribution < 1.29 is 37.3 Å². The number of benzene rings is 3. The molecule has 4 atom stereocenters. The maximum absolute atomic E-state index is 14.1. The quantitative estimate of drug-likeness (QED) is 0.247. The van der Waals surface area contributed by atoms with Gasteiger partial charge in [0, 0.05) is 0 Å². The molecule has 0 bridgehead atoms. The van der Waals surface area contributed by atoms with Crippen molar-refractivity contribution in [2.75, 3.05) is 0 Å². The Morgan fingerprint density at radius 2 is 0.896 bits per heavy atom. The van der Waals surface area contributed by atoms with Crippen molar-refractivity contribution in [3.8, 4) is 0 Å². The van der Waals surface area contributed by atoms with Gasteiger partial charge in [0.05, 0.1) is 34.0 Å². The van der Waals surface area contributed by atoms with Crippen molar-refractivity contribution in [2.45, 2.75) is 125 Å². The van der Waals surface area contributed by atoms with Crippen LogP contribution < -0.4 is 0 Å². The first-order chi connectivity index (χ1) is 22.2. The molecule has 4 N–H and O–H groups in total. The maximum atomic E-state index is 14.1. The van der Waals surface area contributed by atoms with Gasteiger partial charge in [-0.3, -0.25) is 0 Å². The van der Waals surface area contributed by atoms with Gasteiger partial charge in [-0.25, -0.2) is 16.8 Å². The molecule has 2 saturated heterocycles. The van der Waals surface area contributed by atoms with Crippen LogP contribution in [0.15, 0.2) is 82.6 Å². The fourth-order valence-electron chi connectivity index (χ4n) is 6.98. The van der Waals surface area contributed by atoms with E-state index < -0.39 is 56.8 Å². The molecule has 0 aliphatic carbocycles. The molecule has 12 heteroatoms. The zero-order chi connectivity index (χ0) is 35.4. The van der Waals surface area contributed by atoms with Crippen LogP contribution in [-0.4, -0.2) is 70.5 Å². The molecule has 2 heterocycles. The van der Waals surface area contributed by atoms with Gasteiger partial charge in [-0.05, 0) is 83.0 Å². The van der Waals surface area contributed by atoms with E-state index in [9.17, 15) is 37.3 Å². The average molecular weight is 701 g/mol. The second-order valence-electron chi connectivity index (χ2n) is 15.0. The molecule has 10 nitrogen and oxygen atoms in total. The topological polar surface area (TPSA) is 156 Å². The largest absolute Gasteiger partial charge is 0.367 e. The first kappa shape index (κ1) is 36.6. The van der Waals surface area contributed by atoms with E-state index in [1.54, 1.807) is 48.5 Å². The number of nitrogens with zero attached hydrogens (tertiary/aromatic N) is 2. The first-order valence-corrected chi connectivity index (χ1v) is 19.2. The minimum Gasteiger partial charge on any atom is -0.367 e. The van der Waals surface area contributed by atoms with Crippen molar-refractivity contribution in [1.82, 2.24) is 8.61 Å². The standard InChI is InChI=1S/C36H48N2O8S2/c1-35(2,3)25-10-14-27(15-11-25)47(43,44)37-29(18-20-31(37)33(39)40)23-8-7-9-24(22-23)30-19-21-32(34(41)42)38(30)48(45,46)28-16-12-26(13-17-28)36(4,5)6/h7-17,22,29-34,39-42H,18-21H2,1-6H3. The van der Waals surface area contributed by atoms with Crippen LogP contribution in [0.4, 0.5) is 0 Å². The molecule has 5 rings (SSSR count). The third-order valence-electron chi connectivity index (χ3n) is 9.70. The lowest BCUT2D eigenvalue weighted by molar-refractivity contribution is -0.0798. The summed E-state index contributed by atoms with van der Waals surface area (Å²) in [5.41, 5.74) is 2.68. The predicted molar refractivity (Wildman–Crippen MR) is 183 cm³/mol. The van der Waals surface area contributed by atoms with Gasteiger partial charge in [0.15, 0.2) is 12.6 Å². The molecule has 2 aliphatic heterocycles. The van der Waals surface area contributed by atoms with Crippen LogP contribution in [0.25, 0.3) is 0 Å². The molecule has 2 fully saturated rings. The second-order valence-corrected chi connectivity index (χ2v) is 18.7. The van der Waals surface area contributed by atoms with Crippen molar-refractivity contribution >= 4 is 20.0 Å². The van der Waals surface area contributed by atoms with Gasteiger partial charge in [0.1, 0.15) is 0 Å². The summed E-state index contributed by atoms with van der Waals surface area (Å²) in [5.74, 6) is 0. The van der Waals surface area contributed by atoms with Crippen LogP contribution in [0.5, 0.6) is 0 Å². The third kappa shape index (κ3) is 6.99. The fourth-order valence-corrected chi connectivity index (χ4v) is 10.7. The van der Waals surface area contributed by atoms with Gasteiger partial charge in [-0.15, -0.1) is 0 Å². The molecule has 0 spiro atoms. The highest BCUT2D eigenvalue weighted by Crippen LogP contribution is 2.45. The average Bonchev–Trinajstić information content (AvgIpc) is 3.67. The summed E-state index contributed by atoms with van der Waals surface area (Å²) in [6.45, 7) is 12.2. The summed E-state index contributed by atoms with van der Waals surface area (Å²) in [6.07, 6.45) is -2.77. The van der Waals surface area contributed by atoms with E-state index in [-0.39, 0.29) is 33.5 Å². The number of aliphatic hydroxyl groups is 4. The number of aliphatic hydroxyl groups excluding tert-OH is 2. The van der Waals surface area contributed by atoms with Gasteiger partial charge in [-0.1, -0.05) is 90.1 Å². The van der Waals surface area contributed by atoms with Crippen LogP contribution in [0.2, 0.25) is 0 Å². The molecule has 0 radical (unpaired) electrons. The SMILES string of the molecule is CC(C)(C)c1ccc(S(=O)(=O)N2C(c3cccc(C4CCC(C(O)O)N4S(=O)(=O)c4ccc(C(C)(C)C)cc4)c3)CCC2C(O)O)cc1. The Morgan fingerprint density at radius 3 is 1.19 bits per heavy atom. The predicted octanol–water partition coefficient (Wildman–Crippen LogP) is 4.69. The Labute approximate surface area is 284 Å². The zero-order valence-electron chi connectivity index (χ0n) is 28.4. The van der Waals surface area contributed by atoms with E-state index in [1.807, 2.05) is 41.5 Å². The monoisotopic (exact) mass is 700 g/mol. The van der Waals surface area contributed by atoms with Gasteiger partial charge < -0.3 is 20.4 Å². The van der Waals surface area contributed by atoms with Crippen LogP contribution in [0, 0.1) is 0 Å². The van der Waals surface area contributed by atoms with E-state index in [1.165, 1.54) is 32.9 Å². The molecule has 2 aliphatic rings. The summed E-state index contributed by atoms with van der Waals surface area (Å²) in [5, 5.41) is 41.1. The maximum Gasteiger partial charge on any atom is 0.244 e. The molecule has 0 amide bonds. The molecule has 3 aromatic carbocycles. The van der Waals surface area contributed by atoms with Gasteiger partial charge in [0.25, 0.3) is 0 Å². The van der Waals surface area contributed by atoms with Crippen LogP contribution in [0.3, 0.4) is 0 Å². The van der Waals surface area contributed by atoms with Crippen LogP contribution in [0.1, 0.15) is 102 Å². The molecule has 4 unspecified atom stereocenters. The van der Waals surface area contributed by atoms with Crippen molar-refractivity contribution in [2.24, 2.45) is 0 Å². The van der Waals surface area contributed by atoms with Crippen LogP contribution >= 0.6 is 0 Å². The molecular formula is C36H48N2O8S2. The number of sulfonamides is 2. The van der Waals surface area contributed by atoms with Crippen molar-refractivity contribution in [3.05, 3.63) is 95.1 Å². The number of rotatable bonds is 8. The van der Waals surface area contributed by atoms with Crippen molar-refractivity contribution in [3.63, 3.8) is 0 Å². The van der Waals surface area contributed by atoms with E-state index in [0.717, 1.165) is 11.1 Å². The lowest BCUT2D eigenvalue weighted by atomic mass is 9.87. The highest BCUT2D eigenvalue weighted by Gasteiger charge is 2.48. The first-order valence-electron chi connectivity index (χ1n) is 16.3. The molecule has 48 heavy (non-hydrogen) atoms. The highest BCUT2D eigenvalue weighted by atomic mass is 32.2. The summed E-state index contributed by atoms with van der Waals surface area (Å²) in [4.78, 5) is 0.0732. The van der Waals surface area contributed by atoms with E-state index in [2.05, 4.69) is 0 Å². The van der Waals surface area contributed by atoms with Gasteiger partial charge >= 0.3 is 0 Å². The Morgan fingerprint density at radius 1 is 0.562 bits per heavy atom. The Bertz CT molecular complexity index is 1680. The number of hydrogen-bond donors (Lipinski definition) is 4. The highest BCUT2D eigenvalue weighted by molar-refractivity contribution is 7.89. The molecule has 262 valence electrons. The summed E-state index contributed by atoms with van der Waals surface area (Å²) < 4.78 is 58.9. The number of hydrogen-bond acceptors (Lipinski definition) is 8. The molecule has 3 aromatic rings. The molecular weight excluding hydrogens is 653 g/mol. The van der Waals surface area contributed by atoms with E-state index >= 15 is 0 Å². The minimum absolute atomic E-state index is 0.0366. The van der Waals surface area contributed by atoms with Gasteiger partial charge in [0.2, 0.25) is 20.0 Å². The molecule has 0 aromatic heterocycles. The second kappa shape index (κ2) is 13.2. The molecule has 0 saturated carbocycles. The smallest absolute Gasteiger partial charge is 0.244 e. The van der Waals surface area contributed by atoms with Gasteiger partial charge in [-0.2, -0.15) is 8.61 Å². The third-order valence-corrected chi connectivity index (χ3v) is 13.6. The summed E-state index contributed by atoms with van der Waals surface area (Å²) >= 11 is 0. The Balaban J connectivity index is 1.52. The lowest BCUT2D eigenvalue weighted by Gasteiger charge is -2.32. The Kier molecular flexibility index (Phi) is 10.1. The Hall–Kier alpha value is -2.68. The lowest BCUT2D eigenvalue weighted by Crippen LogP contribution is -2.44. The summed E-state index contributed by atoms with van der Waals surface area (Å²) in [7, 11) is -8.38. The summed E-state index contributed by atoms with van der Waals surface area (Å²) in [6, 6.07) is 16.5. The van der Waals surface area contributed by atoms with Crippen molar-refractivity contribution in [1.29, 1.82) is 0 Å². The van der Waals surface area contributed by atoms with E-state index in [4.69, 9.17) is 0 Å². The fraction of sp³-hybridized carbons (Fsp3) is 0.500. The zero-order valence-corrected chi connectivity index (χ0v) is 30.0. The van der Waals surface area contributed by atoms with E-state index in [0.29, 0.717) is 24.0 Å².